The van der Waals surface area contributed by atoms with E-state index in [1.54, 1.807) is 4.88 Å². The molecule has 2 aliphatic heterocycles. The molecule has 2 saturated heterocycles. The zero-order valence-corrected chi connectivity index (χ0v) is 26.2. The fourth-order valence-corrected chi connectivity index (χ4v) is 23.2. The van der Waals surface area contributed by atoms with E-state index in [-0.39, 0.29) is 0 Å². The molecule has 5 heteroatoms. The van der Waals surface area contributed by atoms with Gasteiger partial charge in [0.05, 0.1) is 8.07 Å². The predicted octanol–water partition coefficient (Wildman–Crippen LogP) is 9.59. The Balaban J connectivity index is 1.28. The van der Waals surface area contributed by atoms with Crippen LogP contribution in [-0.2, 0) is 0 Å². The Labute approximate surface area is 227 Å². The van der Waals surface area contributed by atoms with Crippen molar-refractivity contribution in [1.29, 1.82) is 0 Å². The van der Waals surface area contributed by atoms with E-state index in [0.29, 0.717) is 11.2 Å². The molecule has 192 valence electrons. The average molecular weight is 545 g/mol. The highest BCUT2D eigenvalue weighted by atomic mass is 32.2. The van der Waals surface area contributed by atoms with Crippen LogP contribution in [0.4, 0.5) is 0 Å². The van der Waals surface area contributed by atoms with Gasteiger partial charge in [-0.3, -0.25) is 0 Å². The summed E-state index contributed by atoms with van der Waals surface area (Å²) in [5.41, 5.74) is 1.89. The van der Waals surface area contributed by atoms with Gasteiger partial charge in [0.25, 0.3) is 0 Å². The SMILES string of the molecule is Cc1ccc(C2C(C)SC3C2CC(C)C3[Si](C)(C)C2C(C)CC3C2SC(C)C3c2ccc(C)s2)o1. The number of hydrogen-bond acceptors (Lipinski definition) is 4. The highest BCUT2D eigenvalue weighted by Crippen LogP contribution is 2.69. The normalized spacial score (nSPS) is 45.3. The second kappa shape index (κ2) is 8.98. The lowest BCUT2D eigenvalue weighted by molar-refractivity contribution is 0.365. The number of aryl methyl sites for hydroxylation is 2. The van der Waals surface area contributed by atoms with Gasteiger partial charge in [0, 0.05) is 42.6 Å². The minimum atomic E-state index is -1.51. The lowest BCUT2D eigenvalue weighted by Gasteiger charge is -2.45. The molecule has 1 nitrogen and oxygen atoms in total. The van der Waals surface area contributed by atoms with Crippen LogP contribution >= 0.6 is 34.9 Å². The van der Waals surface area contributed by atoms with Crippen LogP contribution in [-0.4, -0.2) is 29.1 Å². The van der Waals surface area contributed by atoms with Gasteiger partial charge in [0.1, 0.15) is 11.5 Å². The summed E-state index contributed by atoms with van der Waals surface area (Å²) in [5.74, 6) is 7.17. The molecular weight excluding hydrogens is 501 g/mol. The maximum Gasteiger partial charge on any atom is 0.108 e. The summed E-state index contributed by atoms with van der Waals surface area (Å²) in [6, 6.07) is 9.28. The van der Waals surface area contributed by atoms with Gasteiger partial charge in [-0.25, -0.2) is 0 Å². The first-order chi connectivity index (χ1) is 16.6. The highest BCUT2D eigenvalue weighted by Gasteiger charge is 2.63. The Kier molecular flexibility index (Phi) is 6.47. The molecule has 4 fully saturated rings. The molecule has 4 aliphatic rings. The summed E-state index contributed by atoms with van der Waals surface area (Å²) in [7, 11) is -1.51. The van der Waals surface area contributed by atoms with Gasteiger partial charge in [-0.2, -0.15) is 23.5 Å². The molecule has 2 aliphatic carbocycles. The molecule has 2 aromatic heterocycles. The molecule has 0 amide bonds. The summed E-state index contributed by atoms with van der Waals surface area (Å²) >= 11 is 6.81. The summed E-state index contributed by atoms with van der Waals surface area (Å²) in [4.78, 5) is 3.16. The van der Waals surface area contributed by atoms with Crippen LogP contribution in [0.3, 0.4) is 0 Å². The first kappa shape index (κ1) is 25.2. The van der Waals surface area contributed by atoms with Crippen LogP contribution in [0.25, 0.3) is 0 Å². The van der Waals surface area contributed by atoms with Crippen LogP contribution in [0.5, 0.6) is 0 Å². The van der Waals surface area contributed by atoms with E-state index < -0.39 is 8.07 Å². The van der Waals surface area contributed by atoms with Crippen molar-refractivity contribution >= 4 is 42.9 Å². The summed E-state index contributed by atoms with van der Waals surface area (Å²) in [6.45, 7) is 20.3. The maximum absolute atomic E-state index is 6.24. The van der Waals surface area contributed by atoms with Gasteiger partial charge in [-0.15, -0.1) is 11.3 Å². The fourth-order valence-electron chi connectivity index (χ4n) is 9.72. The standard InChI is InChI=1S/C30H44OS3Si/c1-15-13-21-25(23-11-9-17(3)31-23)19(5)33-27(21)29(15)35(7,8)30-16(2)14-22-26(20(6)34-28(22)30)24-12-10-18(4)32-24/h9-12,15-16,19-22,25-30H,13-14H2,1-8H3. The number of thiophene rings is 1. The Morgan fingerprint density at radius 2 is 1.34 bits per heavy atom. The monoisotopic (exact) mass is 544 g/mol. The van der Waals surface area contributed by atoms with Gasteiger partial charge < -0.3 is 4.42 Å². The van der Waals surface area contributed by atoms with E-state index in [2.05, 4.69) is 114 Å². The van der Waals surface area contributed by atoms with Crippen molar-refractivity contribution in [3.8, 4) is 0 Å². The molecule has 35 heavy (non-hydrogen) atoms. The summed E-state index contributed by atoms with van der Waals surface area (Å²) in [6.07, 6.45) is 2.86. The number of hydrogen-bond donors (Lipinski definition) is 0. The summed E-state index contributed by atoms with van der Waals surface area (Å²) in [5, 5.41) is 3.16. The van der Waals surface area contributed by atoms with Crippen LogP contribution in [0, 0.1) is 37.5 Å². The van der Waals surface area contributed by atoms with Crippen LogP contribution < -0.4 is 0 Å². The first-order valence-corrected chi connectivity index (χ1v) is 19.9. The second-order valence-corrected chi connectivity index (χ2v) is 22.6. The van der Waals surface area contributed by atoms with Crippen molar-refractivity contribution in [1.82, 2.24) is 0 Å². The van der Waals surface area contributed by atoms with Gasteiger partial charge in [0.15, 0.2) is 0 Å². The van der Waals surface area contributed by atoms with E-state index in [0.717, 1.165) is 62.2 Å². The third-order valence-corrected chi connectivity index (χ3v) is 20.9. The Morgan fingerprint density at radius 1 is 0.771 bits per heavy atom. The van der Waals surface area contributed by atoms with E-state index in [1.807, 2.05) is 0 Å². The largest absolute Gasteiger partial charge is 0.466 e. The second-order valence-electron chi connectivity index (χ2n) is 13.2. The third-order valence-electron chi connectivity index (χ3n) is 10.6. The average Bonchev–Trinajstić information content (AvgIpc) is 3.57. The third kappa shape index (κ3) is 3.91. The number of fused-ring (bicyclic) bond motifs is 2. The van der Waals surface area contributed by atoms with Crippen molar-refractivity contribution in [3.05, 3.63) is 45.5 Å². The smallest absolute Gasteiger partial charge is 0.108 e. The zero-order chi connectivity index (χ0) is 24.8. The van der Waals surface area contributed by atoms with Gasteiger partial charge in [-0.1, -0.05) is 40.8 Å². The highest BCUT2D eigenvalue weighted by molar-refractivity contribution is 8.01. The molecule has 0 N–H and O–H groups in total. The van der Waals surface area contributed by atoms with Gasteiger partial charge >= 0.3 is 0 Å². The number of furan rings is 1. The number of thioether (sulfide) groups is 2. The molecule has 0 bridgehead atoms. The molecule has 12 unspecified atom stereocenters. The fraction of sp³-hybridized carbons (Fsp3) is 0.733. The lowest BCUT2D eigenvalue weighted by atomic mass is 9.86. The first-order valence-electron chi connectivity index (χ1n) is 14.0. The molecule has 2 aromatic rings. The molecule has 0 spiro atoms. The molecule has 0 aromatic carbocycles. The molecule has 2 saturated carbocycles. The Bertz CT molecular complexity index is 991. The topological polar surface area (TPSA) is 13.1 Å². The molecule has 0 radical (unpaired) electrons. The van der Waals surface area contributed by atoms with Gasteiger partial charge in [0.2, 0.25) is 0 Å². The Hall–Kier alpha value is -0.103. The van der Waals surface area contributed by atoms with Crippen LogP contribution in [0.15, 0.2) is 28.7 Å². The van der Waals surface area contributed by atoms with Gasteiger partial charge in [-0.05, 0) is 85.7 Å². The minimum absolute atomic E-state index is 0.608. The van der Waals surface area contributed by atoms with Crippen molar-refractivity contribution in [2.24, 2.45) is 23.7 Å². The van der Waals surface area contributed by atoms with E-state index >= 15 is 0 Å². The Morgan fingerprint density at radius 3 is 1.86 bits per heavy atom. The molecule has 6 rings (SSSR count). The minimum Gasteiger partial charge on any atom is -0.466 e. The molecule has 12 atom stereocenters. The number of rotatable bonds is 4. The molecular formula is C30H44OS3Si. The van der Waals surface area contributed by atoms with E-state index in [1.165, 1.54) is 23.5 Å². The zero-order valence-electron chi connectivity index (χ0n) is 22.8. The van der Waals surface area contributed by atoms with E-state index in [9.17, 15) is 0 Å². The molecule has 4 heterocycles. The lowest BCUT2D eigenvalue weighted by Crippen LogP contribution is -2.47. The van der Waals surface area contributed by atoms with Crippen molar-refractivity contribution in [2.45, 2.75) is 111 Å². The van der Waals surface area contributed by atoms with E-state index in [4.69, 9.17) is 4.42 Å². The quantitative estimate of drug-likeness (QED) is 0.356. The van der Waals surface area contributed by atoms with Crippen LogP contribution in [0.2, 0.25) is 24.2 Å². The van der Waals surface area contributed by atoms with Crippen LogP contribution in [0.1, 0.15) is 73.6 Å². The van der Waals surface area contributed by atoms with Crippen molar-refractivity contribution < 1.29 is 4.42 Å². The van der Waals surface area contributed by atoms with Crippen molar-refractivity contribution in [3.63, 3.8) is 0 Å². The predicted molar refractivity (Wildman–Crippen MR) is 159 cm³/mol. The summed E-state index contributed by atoms with van der Waals surface area (Å²) < 4.78 is 6.24. The maximum atomic E-state index is 6.24. The van der Waals surface area contributed by atoms with Crippen molar-refractivity contribution in [2.75, 3.05) is 0 Å².